The number of hydrogen-bond donors (Lipinski definition) is 4. The Morgan fingerprint density at radius 1 is 1.25 bits per heavy atom. The fourth-order valence-electron chi connectivity index (χ4n) is 2.18. The SMILES string of the molecule is CC1CC(O)C(O)C(OCCc2ccc(O)c(O)c2)O1. The summed E-state index contributed by atoms with van der Waals surface area (Å²) in [5, 5.41) is 38.0. The molecule has 0 bridgehead atoms. The molecule has 4 atom stereocenters. The van der Waals surface area contributed by atoms with Crippen LogP contribution in [0.4, 0.5) is 0 Å². The number of benzene rings is 1. The molecule has 4 N–H and O–H groups in total. The molecule has 0 aromatic heterocycles. The maximum atomic E-state index is 9.76. The number of aliphatic hydroxyl groups is 2. The van der Waals surface area contributed by atoms with E-state index < -0.39 is 18.5 Å². The largest absolute Gasteiger partial charge is 0.504 e. The second kappa shape index (κ2) is 6.41. The van der Waals surface area contributed by atoms with E-state index in [1.807, 2.05) is 6.92 Å². The topological polar surface area (TPSA) is 99.4 Å². The van der Waals surface area contributed by atoms with Crippen LogP contribution in [0, 0.1) is 0 Å². The molecule has 1 aliphatic heterocycles. The summed E-state index contributed by atoms with van der Waals surface area (Å²) in [5.41, 5.74) is 0.791. The number of ether oxygens (including phenoxy) is 2. The average molecular weight is 284 g/mol. The number of phenols is 2. The van der Waals surface area contributed by atoms with Gasteiger partial charge in [-0.25, -0.2) is 0 Å². The Kier molecular flexibility index (Phi) is 4.82. The van der Waals surface area contributed by atoms with Crippen molar-refractivity contribution in [1.82, 2.24) is 0 Å². The first-order valence-corrected chi connectivity index (χ1v) is 6.61. The van der Waals surface area contributed by atoms with Crippen LogP contribution in [-0.2, 0) is 15.9 Å². The zero-order valence-electron chi connectivity index (χ0n) is 11.3. The van der Waals surface area contributed by atoms with Crippen LogP contribution in [-0.4, -0.2) is 51.6 Å². The highest BCUT2D eigenvalue weighted by Crippen LogP contribution is 2.25. The molecule has 0 saturated carbocycles. The minimum atomic E-state index is -1.06. The minimum Gasteiger partial charge on any atom is -0.504 e. The van der Waals surface area contributed by atoms with E-state index >= 15 is 0 Å². The molecule has 1 saturated heterocycles. The molecular formula is C14H20O6. The van der Waals surface area contributed by atoms with Crippen molar-refractivity contribution >= 4 is 0 Å². The van der Waals surface area contributed by atoms with Crippen LogP contribution in [0.5, 0.6) is 11.5 Å². The lowest BCUT2D eigenvalue weighted by molar-refractivity contribution is -0.262. The predicted molar refractivity (Wildman–Crippen MR) is 70.4 cm³/mol. The summed E-state index contributed by atoms with van der Waals surface area (Å²) < 4.78 is 10.9. The molecule has 0 amide bonds. The molecule has 6 heteroatoms. The Hall–Kier alpha value is -1.34. The van der Waals surface area contributed by atoms with E-state index in [0.717, 1.165) is 5.56 Å². The third-order valence-corrected chi connectivity index (χ3v) is 3.33. The van der Waals surface area contributed by atoms with Gasteiger partial charge in [0.2, 0.25) is 0 Å². The third kappa shape index (κ3) is 3.61. The molecular weight excluding hydrogens is 264 g/mol. The molecule has 0 spiro atoms. The standard InChI is InChI=1S/C14H20O6/c1-8-6-12(17)13(18)14(20-8)19-5-4-9-2-3-10(15)11(16)7-9/h2-3,7-8,12-18H,4-6H2,1H3. The fourth-order valence-corrected chi connectivity index (χ4v) is 2.18. The number of rotatable bonds is 4. The first-order chi connectivity index (χ1) is 9.47. The quantitative estimate of drug-likeness (QED) is 0.601. The smallest absolute Gasteiger partial charge is 0.186 e. The van der Waals surface area contributed by atoms with Gasteiger partial charge in [0.25, 0.3) is 0 Å². The van der Waals surface area contributed by atoms with Crippen LogP contribution in [0.1, 0.15) is 18.9 Å². The van der Waals surface area contributed by atoms with Gasteiger partial charge in [-0.15, -0.1) is 0 Å². The molecule has 1 aliphatic rings. The van der Waals surface area contributed by atoms with Crippen molar-refractivity contribution in [2.24, 2.45) is 0 Å². The molecule has 0 aliphatic carbocycles. The lowest BCUT2D eigenvalue weighted by atomic mass is 10.0. The number of phenolic OH excluding ortho intramolecular Hbond substituents is 2. The van der Waals surface area contributed by atoms with Crippen LogP contribution in [0.2, 0.25) is 0 Å². The summed E-state index contributed by atoms with van der Waals surface area (Å²) in [5.74, 6) is -0.349. The highest BCUT2D eigenvalue weighted by Gasteiger charge is 2.35. The molecule has 1 heterocycles. The van der Waals surface area contributed by atoms with Gasteiger partial charge in [0, 0.05) is 6.42 Å². The van der Waals surface area contributed by atoms with Crippen molar-refractivity contribution < 1.29 is 29.9 Å². The molecule has 6 nitrogen and oxygen atoms in total. The molecule has 1 aromatic carbocycles. The second-order valence-corrected chi connectivity index (χ2v) is 5.05. The summed E-state index contributed by atoms with van der Waals surface area (Å²) in [6, 6.07) is 4.53. The van der Waals surface area contributed by atoms with Gasteiger partial charge in [-0.2, -0.15) is 0 Å². The van der Waals surface area contributed by atoms with Crippen molar-refractivity contribution in [3.05, 3.63) is 23.8 Å². The Labute approximate surface area is 117 Å². The van der Waals surface area contributed by atoms with E-state index in [1.54, 1.807) is 6.07 Å². The van der Waals surface area contributed by atoms with E-state index in [9.17, 15) is 20.4 Å². The van der Waals surface area contributed by atoms with E-state index in [2.05, 4.69) is 0 Å². The highest BCUT2D eigenvalue weighted by atomic mass is 16.7. The lowest BCUT2D eigenvalue weighted by Crippen LogP contribution is -2.48. The van der Waals surface area contributed by atoms with Crippen molar-refractivity contribution in [3.8, 4) is 11.5 Å². The van der Waals surface area contributed by atoms with Gasteiger partial charge in [0.15, 0.2) is 17.8 Å². The normalized spacial score (nSPS) is 30.4. The van der Waals surface area contributed by atoms with Gasteiger partial charge in [-0.1, -0.05) is 6.07 Å². The Bertz CT molecular complexity index is 449. The van der Waals surface area contributed by atoms with Gasteiger partial charge in [0.1, 0.15) is 6.10 Å². The summed E-state index contributed by atoms with van der Waals surface area (Å²) in [4.78, 5) is 0. The number of aromatic hydroxyl groups is 2. The van der Waals surface area contributed by atoms with Gasteiger partial charge in [-0.05, 0) is 31.0 Å². The number of hydrogen-bond acceptors (Lipinski definition) is 6. The molecule has 112 valence electrons. The van der Waals surface area contributed by atoms with Gasteiger partial charge in [-0.3, -0.25) is 0 Å². The maximum Gasteiger partial charge on any atom is 0.186 e. The monoisotopic (exact) mass is 284 g/mol. The predicted octanol–water partition coefficient (Wildman–Crippen LogP) is 0.514. The molecule has 20 heavy (non-hydrogen) atoms. The van der Waals surface area contributed by atoms with Crippen LogP contribution in [0.25, 0.3) is 0 Å². The van der Waals surface area contributed by atoms with E-state index in [0.29, 0.717) is 12.8 Å². The second-order valence-electron chi connectivity index (χ2n) is 5.05. The van der Waals surface area contributed by atoms with E-state index in [1.165, 1.54) is 12.1 Å². The summed E-state index contributed by atoms with van der Waals surface area (Å²) in [6.45, 7) is 2.08. The van der Waals surface area contributed by atoms with E-state index in [4.69, 9.17) is 9.47 Å². The maximum absolute atomic E-state index is 9.76. The zero-order valence-corrected chi connectivity index (χ0v) is 11.3. The molecule has 0 radical (unpaired) electrons. The first-order valence-electron chi connectivity index (χ1n) is 6.61. The Morgan fingerprint density at radius 2 is 2.00 bits per heavy atom. The lowest BCUT2D eigenvalue weighted by Gasteiger charge is -2.35. The zero-order chi connectivity index (χ0) is 14.7. The number of aliphatic hydroxyl groups excluding tert-OH is 2. The summed E-state index contributed by atoms with van der Waals surface area (Å²) >= 11 is 0. The van der Waals surface area contributed by atoms with Crippen LogP contribution in [0.15, 0.2) is 18.2 Å². The van der Waals surface area contributed by atoms with Gasteiger partial charge in [0.05, 0.1) is 18.8 Å². The molecule has 2 rings (SSSR count). The third-order valence-electron chi connectivity index (χ3n) is 3.33. The summed E-state index contributed by atoms with van der Waals surface area (Å²) in [6.07, 6.45) is -2.05. The summed E-state index contributed by atoms with van der Waals surface area (Å²) in [7, 11) is 0. The molecule has 4 unspecified atom stereocenters. The average Bonchev–Trinajstić information content (AvgIpc) is 2.39. The Balaban J connectivity index is 1.84. The van der Waals surface area contributed by atoms with Crippen molar-refractivity contribution in [3.63, 3.8) is 0 Å². The van der Waals surface area contributed by atoms with Crippen molar-refractivity contribution in [1.29, 1.82) is 0 Å². The van der Waals surface area contributed by atoms with Gasteiger partial charge < -0.3 is 29.9 Å². The Morgan fingerprint density at radius 3 is 2.70 bits per heavy atom. The van der Waals surface area contributed by atoms with Gasteiger partial charge >= 0.3 is 0 Å². The van der Waals surface area contributed by atoms with Crippen molar-refractivity contribution in [2.75, 3.05) is 6.61 Å². The fraction of sp³-hybridized carbons (Fsp3) is 0.571. The van der Waals surface area contributed by atoms with Crippen LogP contribution in [0.3, 0.4) is 0 Å². The molecule has 1 fully saturated rings. The first kappa shape index (κ1) is 15.1. The van der Waals surface area contributed by atoms with Crippen molar-refractivity contribution in [2.45, 2.75) is 44.4 Å². The van der Waals surface area contributed by atoms with Crippen LogP contribution < -0.4 is 0 Å². The minimum absolute atomic E-state index is 0.169. The molecule has 1 aromatic rings. The van der Waals surface area contributed by atoms with E-state index in [-0.39, 0.29) is 24.2 Å². The highest BCUT2D eigenvalue weighted by molar-refractivity contribution is 5.40. The van der Waals surface area contributed by atoms with Crippen LogP contribution >= 0.6 is 0 Å².